The molecule has 6 heteroatoms. The lowest BCUT2D eigenvalue weighted by Crippen LogP contribution is -2.32. The minimum absolute atomic E-state index is 0.0535. The van der Waals surface area contributed by atoms with Crippen LogP contribution in [0, 0.1) is 36.5 Å². The van der Waals surface area contributed by atoms with Gasteiger partial charge in [-0.1, -0.05) is 11.8 Å². The van der Waals surface area contributed by atoms with Gasteiger partial charge in [0.25, 0.3) is 5.91 Å². The van der Waals surface area contributed by atoms with E-state index in [0.29, 0.717) is 12.1 Å². The molecule has 0 saturated heterocycles. The first-order valence-electron chi connectivity index (χ1n) is 9.37. The van der Waals surface area contributed by atoms with Crippen LogP contribution >= 0.6 is 0 Å². The number of aryl methyl sites for hydroxylation is 2. The van der Waals surface area contributed by atoms with Crippen molar-refractivity contribution in [3.8, 4) is 11.8 Å². The first kappa shape index (κ1) is 20.2. The molecule has 0 fully saturated rings. The Balaban J connectivity index is 1.72. The second-order valence-corrected chi connectivity index (χ2v) is 7.65. The molecule has 29 heavy (non-hydrogen) atoms. The van der Waals surface area contributed by atoms with Crippen LogP contribution in [0.5, 0.6) is 0 Å². The van der Waals surface area contributed by atoms with E-state index in [1.165, 1.54) is 0 Å². The number of nitrogens with zero attached hydrogens (tertiary/aromatic N) is 1. The van der Waals surface area contributed by atoms with Gasteiger partial charge in [0.15, 0.2) is 0 Å². The summed E-state index contributed by atoms with van der Waals surface area (Å²) in [5.74, 6) is 6.32. The number of rotatable bonds is 4. The molecule has 0 radical (unpaired) electrons. The van der Waals surface area contributed by atoms with Gasteiger partial charge in [-0.25, -0.2) is 5.43 Å². The van der Waals surface area contributed by atoms with Crippen molar-refractivity contribution in [2.75, 3.05) is 11.9 Å². The van der Waals surface area contributed by atoms with E-state index in [0.717, 1.165) is 33.7 Å². The summed E-state index contributed by atoms with van der Waals surface area (Å²) >= 11 is 0. The predicted molar refractivity (Wildman–Crippen MR) is 117 cm³/mol. The van der Waals surface area contributed by atoms with Crippen molar-refractivity contribution in [3.63, 3.8) is 0 Å². The SMILES string of the molecule is Cc1cc(C2=NNC(=O)C2(C)C)c(C)cc1C#CCNc1ccc(C(=N)N)cc1. The zero-order valence-electron chi connectivity index (χ0n) is 17.1. The molecule has 0 unspecified atom stereocenters. The fourth-order valence-corrected chi connectivity index (χ4v) is 3.15. The van der Waals surface area contributed by atoms with E-state index in [-0.39, 0.29) is 11.7 Å². The molecule has 2 aromatic carbocycles. The number of amides is 1. The summed E-state index contributed by atoms with van der Waals surface area (Å²) in [6.45, 7) is 8.28. The summed E-state index contributed by atoms with van der Waals surface area (Å²) < 4.78 is 0. The first-order chi connectivity index (χ1) is 13.7. The number of nitrogen functional groups attached to an aromatic ring is 1. The fraction of sp³-hybridized carbons (Fsp3) is 0.261. The van der Waals surface area contributed by atoms with Crippen molar-refractivity contribution < 1.29 is 4.79 Å². The maximum atomic E-state index is 12.0. The molecule has 0 aromatic heterocycles. The molecule has 1 amide bonds. The van der Waals surface area contributed by atoms with Gasteiger partial charge < -0.3 is 11.1 Å². The van der Waals surface area contributed by atoms with Crippen molar-refractivity contribution >= 4 is 23.1 Å². The summed E-state index contributed by atoms with van der Waals surface area (Å²) in [6.07, 6.45) is 0. The quantitative estimate of drug-likeness (QED) is 0.368. The van der Waals surface area contributed by atoms with Crippen molar-refractivity contribution in [1.29, 1.82) is 5.41 Å². The summed E-state index contributed by atoms with van der Waals surface area (Å²) in [6, 6.07) is 11.5. The highest BCUT2D eigenvalue weighted by Gasteiger charge is 2.39. The zero-order valence-corrected chi connectivity index (χ0v) is 17.1. The standard InChI is InChI=1S/C23H25N5O/c1-14-13-19(20-23(3,4)22(29)28-27-20)15(2)12-17(14)6-5-11-26-18-9-7-16(8-10-18)21(24)25/h7-10,12-13,26H,11H2,1-4H3,(H3,24,25)(H,28,29). The zero-order chi connectivity index (χ0) is 21.2. The highest BCUT2D eigenvalue weighted by molar-refractivity contribution is 6.19. The average Bonchev–Trinajstić information content (AvgIpc) is 2.94. The Hall–Kier alpha value is -3.59. The van der Waals surface area contributed by atoms with Crippen LogP contribution in [-0.4, -0.2) is 24.0 Å². The fourth-order valence-electron chi connectivity index (χ4n) is 3.15. The molecule has 0 saturated carbocycles. The van der Waals surface area contributed by atoms with Crippen LogP contribution in [0.1, 0.15) is 41.7 Å². The van der Waals surface area contributed by atoms with Gasteiger partial charge in [0.2, 0.25) is 0 Å². The maximum Gasteiger partial charge on any atom is 0.251 e. The molecule has 1 heterocycles. The minimum atomic E-state index is -0.647. The molecule has 2 aromatic rings. The molecule has 1 aliphatic heterocycles. The van der Waals surface area contributed by atoms with Gasteiger partial charge in [-0.15, -0.1) is 0 Å². The van der Waals surface area contributed by atoms with Crippen LogP contribution in [0.15, 0.2) is 41.5 Å². The van der Waals surface area contributed by atoms with Crippen molar-refractivity contribution in [2.24, 2.45) is 16.3 Å². The number of anilines is 1. The topological polar surface area (TPSA) is 103 Å². The maximum absolute atomic E-state index is 12.0. The normalized spacial score (nSPS) is 14.5. The third-order valence-electron chi connectivity index (χ3n) is 5.06. The van der Waals surface area contributed by atoms with Crippen LogP contribution in [0.3, 0.4) is 0 Å². The molecule has 0 atom stereocenters. The van der Waals surface area contributed by atoms with E-state index in [1.54, 1.807) is 12.1 Å². The van der Waals surface area contributed by atoms with Gasteiger partial charge >= 0.3 is 0 Å². The number of carbonyl (C=O) groups is 1. The van der Waals surface area contributed by atoms with Crippen molar-refractivity contribution in [3.05, 3.63) is 64.2 Å². The first-order valence-corrected chi connectivity index (χ1v) is 9.37. The van der Waals surface area contributed by atoms with Gasteiger partial charge in [0, 0.05) is 22.4 Å². The van der Waals surface area contributed by atoms with Gasteiger partial charge in [-0.2, -0.15) is 5.10 Å². The lowest BCUT2D eigenvalue weighted by Gasteiger charge is -2.19. The molecule has 3 rings (SSSR count). The van der Waals surface area contributed by atoms with Gasteiger partial charge in [-0.05, 0) is 75.2 Å². The minimum Gasteiger partial charge on any atom is -0.384 e. The molecular weight excluding hydrogens is 362 g/mol. The number of hydrazone groups is 1. The van der Waals surface area contributed by atoms with E-state index in [4.69, 9.17) is 11.1 Å². The highest BCUT2D eigenvalue weighted by atomic mass is 16.2. The number of carbonyl (C=O) groups excluding carboxylic acids is 1. The molecule has 6 nitrogen and oxygen atoms in total. The second kappa shape index (κ2) is 7.80. The van der Waals surface area contributed by atoms with E-state index in [9.17, 15) is 4.79 Å². The van der Waals surface area contributed by atoms with E-state index in [2.05, 4.69) is 27.7 Å². The van der Waals surface area contributed by atoms with Gasteiger partial charge in [0.05, 0.1) is 17.7 Å². The molecule has 1 aliphatic rings. The molecule has 0 aliphatic carbocycles. The largest absolute Gasteiger partial charge is 0.384 e. The average molecular weight is 387 g/mol. The van der Waals surface area contributed by atoms with Gasteiger partial charge in [-0.3, -0.25) is 10.2 Å². The third kappa shape index (κ3) is 4.14. The van der Waals surface area contributed by atoms with Crippen LogP contribution in [0.4, 0.5) is 5.69 Å². The van der Waals surface area contributed by atoms with Crippen LogP contribution in [0.25, 0.3) is 0 Å². The Labute approximate surface area is 171 Å². The predicted octanol–water partition coefficient (Wildman–Crippen LogP) is 2.91. The Morgan fingerprint density at radius 3 is 2.48 bits per heavy atom. The summed E-state index contributed by atoms with van der Waals surface area (Å²) in [5, 5.41) is 14.9. The van der Waals surface area contributed by atoms with Crippen LogP contribution < -0.4 is 16.5 Å². The Kier molecular flexibility index (Phi) is 5.42. The van der Waals surface area contributed by atoms with Crippen molar-refractivity contribution in [2.45, 2.75) is 27.7 Å². The number of nitrogens with two attached hydrogens (primary N) is 1. The molecule has 5 N–H and O–H groups in total. The molecule has 0 spiro atoms. The highest BCUT2D eigenvalue weighted by Crippen LogP contribution is 2.29. The molecule has 0 bridgehead atoms. The molecular formula is C23H25N5O. The smallest absolute Gasteiger partial charge is 0.251 e. The number of benzene rings is 2. The van der Waals surface area contributed by atoms with E-state index in [1.807, 2.05) is 52.0 Å². The van der Waals surface area contributed by atoms with E-state index >= 15 is 0 Å². The Morgan fingerprint density at radius 2 is 1.90 bits per heavy atom. The lowest BCUT2D eigenvalue weighted by molar-refractivity contribution is -0.125. The van der Waals surface area contributed by atoms with Gasteiger partial charge in [0.1, 0.15) is 5.84 Å². The molecule has 148 valence electrons. The van der Waals surface area contributed by atoms with Crippen LogP contribution in [-0.2, 0) is 4.79 Å². The number of hydrogen-bond donors (Lipinski definition) is 4. The second-order valence-electron chi connectivity index (χ2n) is 7.65. The summed E-state index contributed by atoms with van der Waals surface area (Å²) in [7, 11) is 0. The van der Waals surface area contributed by atoms with Crippen molar-refractivity contribution in [1.82, 2.24) is 5.43 Å². The summed E-state index contributed by atoms with van der Waals surface area (Å²) in [4.78, 5) is 12.0. The third-order valence-corrected chi connectivity index (χ3v) is 5.06. The Morgan fingerprint density at radius 1 is 1.21 bits per heavy atom. The van der Waals surface area contributed by atoms with E-state index < -0.39 is 5.41 Å². The number of amidine groups is 1. The monoisotopic (exact) mass is 387 g/mol. The summed E-state index contributed by atoms with van der Waals surface area (Å²) in [5.41, 5.74) is 13.8. The Bertz CT molecular complexity index is 1070. The number of nitrogens with one attached hydrogen (secondary N) is 3. The lowest BCUT2D eigenvalue weighted by atomic mass is 9.81. The van der Waals surface area contributed by atoms with Crippen LogP contribution in [0.2, 0.25) is 0 Å². The number of hydrogen-bond acceptors (Lipinski definition) is 4.